The van der Waals surface area contributed by atoms with Gasteiger partial charge in [0.05, 0.1) is 12.3 Å². The van der Waals surface area contributed by atoms with Crippen LogP contribution in [0.25, 0.3) is 0 Å². The summed E-state index contributed by atoms with van der Waals surface area (Å²) in [6.07, 6.45) is 3.81. The summed E-state index contributed by atoms with van der Waals surface area (Å²) < 4.78 is 5.89. The number of hydrogen-bond acceptors (Lipinski definition) is 5. The van der Waals surface area contributed by atoms with Gasteiger partial charge < -0.3 is 15.0 Å². The van der Waals surface area contributed by atoms with Crippen LogP contribution < -0.4 is 5.32 Å². The molecule has 2 heterocycles. The van der Waals surface area contributed by atoms with Crippen molar-refractivity contribution in [3.63, 3.8) is 0 Å². The van der Waals surface area contributed by atoms with Gasteiger partial charge in [-0.05, 0) is 32.9 Å². The fourth-order valence-electron chi connectivity index (χ4n) is 2.94. The van der Waals surface area contributed by atoms with Crippen molar-refractivity contribution in [1.82, 2.24) is 15.2 Å². The lowest BCUT2D eigenvalue weighted by atomic mass is 9.98. The highest BCUT2D eigenvalue weighted by molar-refractivity contribution is 7.11. The number of rotatable bonds is 3. The minimum Gasteiger partial charge on any atom is -0.368 e. The summed E-state index contributed by atoms with van der Waals surface area (Å²) in [5.74, 6) is 0. The van der Waals surface area contributed by atoms with Crippen molar-refractivity contribution in [2.75, 3.05) is 33.3 Å². The van der Waals surface area contributed by atoms with Crippen molar-refractivity contribution in [1.29, 1.82) is 0 Å². The van der Waals surface area contributed by atoms with Crippen LogP contribution in [-0.2, 0) is 11.2 Å². The summed E-state index contributed by atoms with van der Waals surface area (Å²) in [5.41, 5.74) is 1.31. The van der Waals surface area contributed by atoms with Gasteiger partial charge in [-0.15, -0.1) is 11.3 Å². The summed E-state index contributed by atoms with van der Waals surface area (Å²) in [7, 11) is 2.16. The second kappa shape index (κ2) is 5.87. The van der Waals surface area contributed by atoms with Crippen LogP contribution >= 0.6 is 11.3 Å². The average Bonchev–Trinajstić information content (AvgIpc) is 2.84. The van der Waals surface area contributed by atoms with Crippen LogP contribution in [0.1, 0.15) is 47.5 Å². The van der Waals surface area contributed by atoms with Crippen molar-refractivity contribution < 1.29 is 4.74 Å². The maximum Gasteiger partial charge on any atom is 0.123 e. The highest BCUT2D eigenvalue weighted by Gasteiger charge is 2.28. The molecule has 0 bridgehead atoms. The van der Waals surface area contributed by atoms with E-state index in [0.29, 0.717) is 6.04 Å². The summed E-state index contributed by atoms with van der Waals surface area (Å²) in [6.45, 7) is 6.03. The Balaban J connectivity index is 1.80. The van der Waals surface area contributed by atoms with E-state index in [1.807, 2.05) is 11.3 Å². The zero-order valence-corrected chi connectivity index (χ0v) is 12.6. The maximum atomic E-state index is 5.89. The third kappa shape index (κ3) is 2.84. The molecule has 0 spiro atoms. The molecule has 0 saturated carbocycles. The molecule has 0 radical (unpaired) electrons. The highest BCUT2D eigenvalue weighted by atomic mass is 32.1. The first-order valence-corrected chi connectivity index (χ1v) is 8.12. The number of thiazole rings is 1. The predicted octanol–water partition coefficient (Wildman–Crippen LogP) is 2.13. The Bertz CT molecular complexity index is 434. The van der Waals surface area contributed by atoms with E-state index in [0.717, 1.165) is 32.7 Å². The number of morpholine rings is 1. The Morgan fingerprint density at radius 3 is 3.21 bits per heavy atom. The number of fused-ring (bicyclic) bond motifs is 1. The summed E-state index contributed by atoms with van der Waals surface area (Å²) in [4.78, 5) is 8.66. The zero-order chi connectivity index (χ0) is 13.2. The number of hydrogen-bond donors (Lipinski definition) is 1. The average molecular weight is 281 g/mol. The van der Waals surface area contributed by atoms with Gasteiger partial charge in [0, 0.05) is 24.0 Å². The maximum absolute atomic E-state index is 5.89. The molecule has 1 aliphatic heterocycles. The van der Waals surface area contributed by atoms with Crippen LogP contribution in [0.15, 0.2) is 0 Å². The lowest BCUT2D eigenvalue weighted by Crippen LogP contribution is -2.35. The summed E-state index contributed by atoms with van der Waals surface area (Å²) in [5, 5.41) is 4.77. The normalized spacial score (nSPS) is 28.3. The second-order valence-electron chi connectivity index (χ2n) is 5.49. The number of likely N-dealkylation sites (N-methyl/N-ethyl adjacent to an activating group) is 1. The monoisotopic (exact) mass is 281 g/mol. The van der Waals surface area contributed by atoms with Crippen LogP contribution in [0.4, 0.5) is 0 Å². The van der Waals surface area contributed by atoms with Crippen molar-refractivity contribution >= 4 is 11.3 Å². The molecule has 0 aromatic carbocycles. The van der Waals surface area contributed by atoms with E-state index in [9.17, 15) is 0 Å². The third-order valence-corrected chi connectivity index (χ3v) is 5.27. The Morgan fingerprint density at radius 2 is 2.42 bits per heavy atom. The topological polar surface area (TPSA) is 37.4 Å². The quantitative estimate of drug-likeness (QED) is 0.921. The Kier molecular flexibility index (Phi) is 4.17. The Labute approximate surface area is 119 Å². The molecule has 2 atom stereocenters. The molecule has 2 aliphatic rings. The molecule has 1 N–H and O–H groups in total. The Morgan fingerprint density at radius 1 is 1.53 bits per heavy atom. The first kappa shape index (κ1) is 13.5. The molecule has 3 rings (SSSR count). The van der Waals surface area contributed by atoms with E-state index in [1.54, 1.807) is 0 Å². The number of ether oxygens (including phenoxy) is 1. The van der Waals surface area contributed by atoms with E-state index < -0.39 is 0 Å². The van der Waals surface area contributed by atoms with E-state index in [-0.39, 0.29) is 6.10 Å². The van der Waals surface area contributed by atoms with Crippen LogP contribution in [0.2, 0.25) is 0 Å². The molecule has 2 unspecified atom stereocenters. The van der Waals surface area contributed by atoms with Gasteiger partial charge in [-0.1, -0.05) is 6.92 Å². The molecule has 1 aromatic heterocycles. The Hall–Kier alpha value is -0.490. The molecular formula is C14H23N3OS. The van der Waals surface area contributed by atoms with Gasteiger partial charge >= 0.3 is 0 Å². The standard InChI is InChI=1S/C14H23N3OS/c1-3-15-10-5-4-6-11-13(10)19-14(16-11)12-9-17(2)7-8-18-12/h10,12,15H,3-9H2,1-2H3. The SMILES string of the molecule is CCNC1CCCc2nc(C3CN(C)CCO3)sc21. The van der Waals surface area contributed by atoms with Gasteiger partial charge in [0.1, 0.15) is 11.1 Å². The van der Waals surface area contributed by atoms with Gasteiger partial charge in [-0.3, -0.25) is 0 Å². The van der Waals surface area contributed by atoms with Crippen LogP contribution in [0.5, 0.6) is 0 Å². The first-order chi connectivity index (χ1) is 9.28. The van der Waals surface area contributed by atoms with Gasteiger partial charge in [0.2, 0.25) is 0 Å². The van der Waals surface area contributed by atoms with E-state index >= 15 is 0 Å². The fourth-order valence-corrected chi connectivity index (χ4v) is 4.21. The predicted molar refractivity (Wildman–Crippen MR) is 77.7 cm³/mol. The number of nitrogens with zero attached hydrogens (tertiary/aromatic N) is 2. The van der Waals surface area contributed by atoms with E-state index in [4.69, 9.17) is 9.72 Å². The zero-order valence-electron chi connectivity index (χ0n) is 11.8. The number of nitrogens with one attached hydrogen (secondary N) is 1. The lowest BCUT2D eigenvalue weighted by molar-refractivity contribution is -0.0210. The summed E-state index contributed by atoms with van der Waals surface area (Å²) in [6, 6.07) is 0.515. The molecule has 106 valence electrons. The molecule has 4 nitrogen and oxygen atoms in total. The van der Waals surface area contributed by atoms with Crippen LogP contribution in [0, 0.1) is 0 Å². The van der Waals surface area contributed by atoms with Crippen molar-refractivity contribution in [3.05, 3.63) is 15.6 Å². The van der Waals surface area contributed by atoms with Crippen LogP contribution in [0.3, 0.4) is 0 Å². The van der Waals surface area contributed by atoms with Gasteiger partial charge in [0.15, 0.2) is 0 Å². The van der Waals surface area contributed by atoms with Gasteiger partial charge in [0.25, 0.3) is 0 Å². The van der Waals surface area contributed by atoms with Crippen molar-refractivity contribution in [2.45, 2.75) is 38.3 Å². The van der Waals surface area contributed by atoms with E-state index in [1.165, 1.54) is 28.4 Å². The molecule has 19 heavy (non-hydrogen) atoms. The largest absolute Gasteiger partial charge is 0.368 e. The van der Waals surface area contributed by atoms with Crippen molar-refractivity contribution in [3.8, 4) is 0 Å². The molecule has 0 amide bonds. The molecule has 1 aromatic rings. The van der Waals surface area contributed by atoms with Crippen LogP contribution in [-0.4, -0.2) is 43.2 Å². The summed E-state index contributed by atoms with van der Waals surface area (Å²) >= 11 is 1.87. The third-order valence-electron chi connectivity index (χ3n) is 3.96. The first-order valence-electron chi connectivity index (χ1n) is 7.31. The molecule has 1 fully saturated rings. The van der Waals surface area contributed by atoms with Crippen molar-refractivity contribution in [2.24, 2.45) is 0 Å². The molecule has 5 heteroatoms. The second-order valence-corrected chi connectivity index (χ2v) is 6.55. The minimum atomic E-state index is 0.177. The van der Waals surface area contributed by atoms with Gasteiger partial charge in [-0.2, -0.15) is 0 Å². The van der Waals surface area contributed by atoms with E-state index in [2.05, 4.69) is 24.2 Å². The number of aromatic nitrogens is 1. The highest BCUT2D eigenvalue weighted by Crippen LogP contribution is 2.37. The minimum absolute atomic E-state index is 0.177. The smallest absolute Gasteiger partial charge is 0.123 e. The fraction of sp³-hybridized carbons (Fsp3) is 0.786. The number of aryl methyl sites for hydroxylation is 1. The lowest BCUT2D eigenvalue weighted by Gasteiger charge is -2.28. The van der Waals surface area contributed by atoms with Gasteiger partial charge in [-0.25, -0.2) is 4.98 Å². The molecule has 1 saturated heterocycles. The molecular weight excluding hydrogens is 258 g/mol. The molecule has 1 aliphatic carbocycles.